The highest BCUT2D eigenvalue weighted by Gasteiger charge is 2.15. The van der Waals surface area contributed by atoms with Crippen LogP contribution in [-0.2, 0) is 9.59 Å². The van der Waals surface area contributed by atoms with Gasteiger partial charge in [-0.05, 0) is 6.42 Å². The second-order valence-electron chi connectivity index (χ2n) is 2.95. The summed E-state index contributed by atoms with van der Waals surface area (Å²) in [7, 11) is 0. The van der Waals surface area contributed by atoms with Crippen LogP contribution in [0.15, 0.2) is 0 Å². The van der Waals surface area contributed by atoms with Gasteiger partial charge in [-0.2, -0.15) is 0 Å². The van der Waals surface area contributed by atoms with Crippen molar-refractivity contribution in [3.63, 3.8) is 0 Å². The van der Waals surface area contributed by atoms with Gasteiger partial charge in [0, 0.05) is 19.4 Å². The van der Waals surface area contributed by atoms with Gasteiger partial charge in [0.2, 0.25) is 5.91 Å². The highest BCUT2D eigenvalue weighted by molar-refractivity contribution is 5.77. The summed E-state index contributed by atoms with van der Waals surface area (Å²) in [5.74, 6) is 0.760. The van der Waals surface area contributed by atoms with Gasteiger partial charge < -0.3 is 10.4 Å². The lowest BCUT2D eigenvalue weighted by molar-refractivity contribution is -0.141. The van der Waals surface area contributed by atoms with Gasteiger partial charge in [-0.15, -0.1) is 12.3 Å². The molecule has 0 bridgehead atoms. The third-order valence-electron chi connectivity index (χ3n) is 1.88. The number of hydrogen-bond acceptors (Lipinski definition) is 2. The van der Waals surface area contributed by atoms with Gasteiger partial charge in [0.05, 0.1) is 5.92 Å². The minimum absolute atomic E-state index is 0.176. The predicted molar refractivity (Wildman–Crippen MR) is 52.5 cm³/mol. The Hall–Kier alpha value is -1.50. The van der Waals surface area contributed by atoms with Gasteiger partial charge in [0.1, 0.15) is 0 Å². The molecule has 0 radical (unpaired) electrons. The third-order valence-corrected chi connectivity index (χ3v) is 1.88. The predicted octanol–water partition coefficient (Wildman–Crippen LogP) is 0.627. The fourth-order valence-electron chi connectivity index (χ4n) is 0.917. The molecule has 2 N–H and O–H groups in total. The zero-order chi connectivity index (χ0) is 11.0. The van der Waals surface area contributed by atoms with Crippen molar-refractivity contribution < 1.29 is 14.7 Å². The standard InChI is InChI=1S/C10H15NO3/c1-3-5-6-9(12)11-7-8(4-2)10(13)14/h1,8H,4-7H2,2H3,(H,11,12)(H,13,14). The Morgan fingerprint density at radius 2 is 2.21 bits per heavy atom. The van der Waals surface area contributed by atoms with Crippen LogP contribution in [0.5, 0.6) is 0 Å². The molecule has 0 fully saturated rings. The average Bonchev–Trinajstić information content (AvgIpc) is 2.15. The second kappa shape index (κ2) is 6.96. The summed E-state index contributed by atoms with van der Waals surface area (Å²) < 4.78 is 0. The van der Waals surface area contributed by atoms with Crippen molar-refractivity contribution in [2.24, 2.45) is 5.92 Å². The van der Waals surface area contributed by atoms with E-state index in [0.717, 1.165) is 0 Å². The van der Waals surface area contributed by atoms with Crippen LogP contribution in [0, 0.1) is 18.3 Å². The SMILES string of the molecule is C#CCCC(=O)NCC(CC)C(=O)O. The van der Waals surface area contributed by atoms with Gasteiger partial charge in [-0.3, -0.25) is 9.59 Å². The van der Waals surface area contributed by atoms with Gasteiger partial charge in [-0.25, -0.2) is 0 Å². The highest BCUT2D eigenvalue weighted by atomic mass is 16.4. The lowest BCUT2D eigenvalue weighted by Crippen LogP contribution is -2.32. The maximum atomic E-state index is 11.0. The summed E-state index contributed by atoms with van der Waals surface area (Å²) in [6.45, 7) is 1.95. The summed E-state index contributed by atoms with van der Waals surface area (Å²) in [6.07, 6.45) is 6.13. The zero-order valence-corrected chi connectivity index (χ0v) is 8.25. The van der Waals surface area contributed by atoms with E-state index in [1.165, 1.54) is 0 Å². The molecule has 0 spiro atoms. The van der Waals surface area contributed by atoms with Crippen LogP contribution in [0.4, 0.5) is 0 Å². The molecular formula is C10H15NO3. The lowest BCUT2D eigenvalue weighted by atomic mass is 10.1. The van der Waals surface area contributed by atoms with E-state index in [9.17, 15) is 9.59 Å². The average molecular weight is 197 g/mol. The topological polar surface area (TPSA) is 66.4 Å². The van der Waals surface area contributed by atoms with Crippen molar-refractivity contribution in [1.82, 2.24) is 5.32 Å². The molecule has 0 aromatic rings. The van der Waals surface area contributed by atoms with E-state index < -0.39 is 11.9 Å². The molecule has 0 aliphatic carbocycles. The number of rotatable bonds is 6. The minimum atomic E-state index is -0.884. The number of carbonyl (C=O) groups is 2. The number of amides is 1. The van der Waals surface area contributed by atoms with Gasteiger partial charge >= 0.3 is 5.97 Å². The van der Waals surface area contributed by atoms with Crippen molar-refractivity contribution in [3.8, 4) is 12.3 Å². The van der Waals surface area contributed by atoms with E-state index in [2.05, 4.69) is 11.2 Å². The van der Waals surface area contributed by atoms with Crippen LogP contribution < -0.4 is 5.32 Å². The molecule has 1 unspecified atom stereocenters. The summed E-state index contributed by atoms with van der Waals surface area (Å²) in [6, 6.07) is 0. The van der Waals surface area contributed by atoms with E-state index in [0.29, 0.717) is 12.8 Å². The lowest BCUT2D eigenvalue weighted by Gasteiger charge is -2.10. The molecule has 0 heterocycles. The van der Waals surface area contributed by atoms with E-state index in [4.69, 9.17) is 11.5 Å². The van der Waals surface area contributed by atoms with E-state index in [1.807, 2.05) is 0 Å². The fraction of sp³-hybridized carbons (Fsp3) is 0.600. The molecule has 1 amide bonds. The van der Waals surface area contributed by atoms with Crippen molar-refractivity contribution in [2.75, 3.05) is 6.54 Å². The summed E-state index contributed by atoms with van der Waals surface area (Å²) >= 11 is 0. The molecule has 0 aliphatic heterocycles. The number of nitrogens with one attached hydrogen (secondary N) is 1. The molecule has 14 heavy (non-hydrogen) atoms. The highest BCUT2D eigenvalue weighted by Crippen LogP contribution is 2.00. The number of carboxylic acids is 1. The molecule has 0 aromatic carbocycles. The molecule has 0 aliphatic rings. The Morgan fingerprint density at radius 1 is 1.57 bits per heavy atom. The summed E-state index contributed by atoms with van der Waals surface area (Å²) in [5.41, 5.74) is 0. The van der Waals surface area contributed by atoms with Crippen molar-refractivity contribution in [2.45, 2.75) is 26.2 Å². The molecule has 0 saturated carbocycles. The Bertz CT molecular complexity index is 242. The number of carbonyl (C=O) groups excluding carboxylic acids is 1. The molecule has 0 aromatic heterocycles. The summed E-state index contributed by atoms with van der Waals surface area (Å²) in [5, 5.41) is 11.2. The Labute approximate surface area is 83.7 Å². The quantitative estimate of drug-likeness (QED) is 0.614. The fourth-order valence-corrected chi connectivity index (χ4v) is 0.917. The number of carboxylic acid groups (broad SMARTS) is 1. The molecule has 0 saturated heterocycles. The van der Waals surface area contributed by atoms with Crippen LogP contribution in [0.1, 0.15) is 26.2 Å². The van der Waals surface area contributed by atoms with Crippen LogP contribution in [0.25, 0.3) is 0 Å². The van der Waals surface area contributed by atoms with E-state index in [1.54, 1.807) is 6.92 Å². The van der Waals surface area contributed by atoms with Crippen molar-refractivity contribution >= 4 is 11.9 Å². The second-order valence-corrected chi connectivity index (χ2v) is 2.95. The maximum absolute atomic E-state index is 11.0. The first-order chi connectivity index (χ1) is 6.61. The van der Waals surface area contributed by atoms with Crippen LogP contribution in [0.3, 0.4) is 0 Å². The first-order valence-corrected chi connectivity index (χ1v) is 4.54. The van der Waals surface area contributed by atoms with Gasteiger partial charge in [-0.1, -0.05) is 6.92 Å². The zero-order valence-electron chi connectivity index (χ0n) is 8.25. The molecule has 0 rings (SSSR count). The maximum Gasteiger partial charge on any atom is 0.308 e. The minimum Gasteiger partial charge on any atom is -0.481 e. The largest absolute Gasteiger partial charge is 0.481 e. The molecule has 4 heteroatoms. The van der Waals surface area contributed by atoms with Crippen LogP contribution in [0.2, 0.25) is 0 Å². The van der Waals surface area contributed by atoms with Crippen molar-refractivity contribution in [3.05, 3.63) is 0 Å². The van der Waals surface area contributed by atoms with Crippen molar-refractivity contribution in [1.29, 1.82) is 0 Å². The Morgan fingerprint density at radius 3 is 2.64 bits per heavy atom. The normalized spacial score (nSPS) is 11.4. The number of terminal acetylenes is 1. The monoisotopic (exact) mass is 197 g/mol. The Balaban J connectivity index is 3.75. The summed E-state index contributed by atoms with van der Waals surface area (Å²) in [4.78, 5) is 21.6. The van der Waals surface area contributed by atoms with Gasteiger partial charge in [0.25, 0.3) is 0 Å². The molecule has 4 nitrogen and oxygen atoms in total. The van der Waals surface area contributed by atoms with Crippen LogP contribution in [-0.4, -0.2) is 23.5 Å². The van der Waals surface area contributed by atoms with E-state index in [-0.39, 0.29) is 18.9 Å². The molecule has 78 valence electrons. The number of hydrogen-bond donors (Lipinski definition) is 2. The Kier molecular flexibility index (Phi) is 6.21. The first kappa shape index (κ1) is 12.5. The third kappa shape index (κ3) is 5.20. The van der Waals surface area contributed by atoms with E-state index >= 15 is 0 Å². The first-order valence-electron chi connectivity index (χ1n) is 4.54. The molecular weight excluding hydrogens is 182 g/mol. The molecule has 1 atom stereocenters. The van der Waals surface area contributed by atoms with Gasteiger partial charge in [0.15, 0.2) is 0 Å². The number of aliphatic carboxylic acids is 1. The smallest absolute Gasteiger partial charge is 0.308 e. The van der Waals surface area contributed by atoms with Crippen LogP contribution >= 0.6 is 0 Å².